The maximum absolute atomic E-state index is 12.5. The molecule has 0 amide bonds. The first-order valence-electron chi connectivity index (χ1n) is 9.62. The molecule has 0 bridgehead atoms. The van der Waals surface area contributed by atoms with E-state index in [4.69, 9.17) is 16.3 Å². The lowest BCUT2D eigenvalue weighted by Gasteiger charge is -2.15. The highest BCUT2D eigenvalue weighted by Crippen LogP contribution is 2.32. The fourth-order valence-corrected chi connectivity index (χ4v) is 4.41. The van der Waals surface area contributed by atoms with Crippen molar-refractivity contribution in [2.45, 2.75) is 31.1 Å². The second-order valence-electron chi connectivity index (χ2n) is 6.84. The lowest BCUT2D eigenvalue weighted by Crippen LogP contribution is -2.11. The van der Waals surface area contributed by atoms with Crippen LogP contribution in [0.2, 0.25) is 5.15 Å². The summed E-state index contributed by atoms with van der Waals surface area (Å²) >= 11 is 9.86. The topological polar surface area (TPSA) is 61.2 Å². The van der Waals surface area contributed by atoms with Crippen molar-refractivity contribution < 1.29 is 14.3 Å². The van der Waals surface area contributed by atoms with Crippen LogP contribution >= 0.6 is 27.5 Å². The molecule has 1 unspecified atom stereocenters. The number of rotatable bonds is 8. The van der Waals surface area contributed by atoms with Gasteiger partial charge in [-0.2, -0.15) is 0 Å². The van der Waals surface area contributed by atoms with Gasteiger partial charge in [-0.25, -0.2) is 9.78 Å². The second kappa shape index (κ2) is 10.0. The molecule has 156 valence electrons. The van der Waals surface area contributed by atoms with E-state index in [0.29, 0.717) is 29.9 Å². The number of methoxy groups -OCH3 is 1. The molecule has 7 heteroatoms. The summed E-state index contributed by atoms with van der Waals surface area (Å²) < 4.78 is 6.80. The summed E-state index contributed by atoms with van der Waals surface area (Å²) in [4.78, 5) is 28.5. The third-order valence-corrected chi connectivity index (χ3v) is 5.99. The minimum atomic E-state index is -0.417. The van der Waals surface area contributed by atoms with Gasteiger partial charge in [-0.3, -0.25) is 4.79 Å². The maximum Gasteiger partial charge on any atom is 0.338 e. The van der Waals surface area contributed by atoms with Gasteiger partial charge < -0.3 is 9.30 Å². The first kappa shape index (κ1) is 22.2. The Morgan fingerprint density at radius 3 is 2.63 bits per heavy atom. The number of nitrogens with zero attached hydrogens (tertiary/aromatic N) is 2. The van der Waals surface area contributed by atoms with Gasteiger partial charge in [-0.15, -0.1) is 0 Å². The van der Waals surface area contributed by atoms with Gasteiger partial charge in [0.25, 0.3) is 0 Å². The van der Waals surface area contributed by atoms with Crippen molar-refractivity contribution in [3.05, 3.63) is 76.3 Å². The Morgan fingerprint density at radius 2 is 2.00 bits per heavy atom. The lowest BCUT2D eigenvalue weighted by molar-refractivity contribution is 0.0601. The first-order valence-corrected chi connectivity index (χ1v) is 10.9. The third-order valence-electron chi connectivity index (χ3n) is 4.84. The normalized spacial score (nSPS) is 11.9. The minimum absolute atomic E-state index is 0.0302. The van der Waals surface area contributed by atoms with Gasteiger partial charge in [-0.05, 0) is 29.2 Å². The van der Waals surface area contributed by atoms with Crippen molar-refractivity contribution in [3.63, 3.8) is 0 Å². The molecule has 0 radical (unpaired) electrons. The van der Waals surface area contributed by atoms with Crippen LogP contribution in [0.25, 0.3) is 11.1 Å². The monoisotopic (exact) mass is 488 g/mol. The molecular formula is C23H22BrClN2O3. The zero-order valence-electron chi connectivity index (χ0n) is 16.8. The SMILES string of the molecule is CCCC(Br)c1nc(Cl)c(C=O)n1Cc1ccc(-c2ccccc2)c(C(=O)OC)c1. The summed E-state index contributed by atoms with van der Waals surface area (Å²) in [5, 5.41) is 0.176. The molecule has 0 aliphatic heterocycles. The zero-order chi connectivity index (χ0) is 21.7. The zero-order valence-corrected chi connectivity index (χ0v) is 19.1. The average Bonchev–Trinajstić information content (AvgIpc) is 3.08. The van der Waals surface area contributed by atoms with Crippen molar-refractivity contribution >= 4 is 39.8 Å². The first-order chi connectivity index (χ1) is 14.5. The molecule has 1 atom stereocenters. The molecule has 2 aromatic carbocycles. The Bertz CT molecular complexity index is 1050. The Morgan fingerprint density at radius 1 is 1.27 bits per heavy atom. The van der Waals surface area contributed by atoms with Gasteiger partial charge in [0, 0.05) is 6.54 Å². The van der Waals surface area contributed by atoms with Crippen LogP contribution in [0.15, 0.2) is 48.5 Å². The summed E-state index contributed by atoms with van der Waals surface area (Å²) in [6.45, 7) is 2.43. The number of aldehydes is 1. The third kappa shape index (κ3) is 4.65. The van der Waals surface area contributed by atoms with E-state index in [1.807, 2.05) is 42.5 Å². The molecule has 30 heavy (non-hydrogen) atoms. The van der Waals surface area contributed by atoms with Crippen LogP contribution in [-0.2, 0) is 11.3 Å². The quantitative estimate of drug-likeness (QED) is 0.218. The lowest BCUT2D eigenvalue weighted by atomic mass is 9.97. The fraction of sp³-hybridized carbons (Fsp3) is 0.261. The standard InChI is InChI=1S/C23H22BrClN2O3/c1-3-7-19(24)22-26-21(25)20(14-28)27(22)13-15-10-11-17(16-8-5-4-6-9-16)18(12-15)23(29)30-2/h4-6,8-12,14,19H,3,7,13H2,1-2H3. The van der Waals surface area contributed by atoms with Gasteiger partial charge in [0.2, 0.25) is 0 Å². The number of imidazole rings is 1. The number of ether oxygens (including phenoxy) is 1. The number of benzene rings is 2. The second-order valence-corrected chi connectivity index (χ2v) is 8.31. The summed E-state index contributed by atoms with van der Waals surface area (Å²) in [6.07, 6.45) is 2.52. The molecule has 3 aromatic rings. The van der Waals surface area contributed by atoms with Gasteiger partial charge in [0.05, 0.1) is 17.5 Å². The molecule has 0 saturated heterocycles. The van der Waals surface area contributed by atoms with E-state index in [1.54, 1.807) is 10.6 Å². The molecule has 1 aromatic heterocycles. The van der Waals surface area contributed by atoms with E-state index in [9.17, 15) is 9.59 Å². The Labute approximate surface area is 189 Å². The Hall–Kier alpha value is -2.44. The van der Waals surface area contributed by atoms with E-state index in [0.717, 1.165) is 29.5 Å². The molecule has 0 aliphatic carbocycles. The predicted octanol–water partition coefficient (Wildman–Crippen LogP) is 6.09. The number of carbonyl (C=O) groups is 2. The summed E-state index contributed by atoms with van der Waals surface area (Å²) in [7, 11) is 1.36. The van der Waals surface area contributed by atoms with Crippen molar-refractivity contribution in [2.75, 3.05) is 7.11 Å². The molecule has 0 aliphatic rings. The van der Waals surface area contributed by atoms with Crippen molar-refractivity contribution in [1.29, 1.82) is 0 Å². The van der Waals surface area contributed by atoms with Crippen LogP contribution in [0.3, 0.4) is 0 Å². The van der Waals surface area contributed by atoms with Crippen LogP contribution in [0.1, 0.15) is 56.8 Å². The minimum Gasteiger partial charge on any atom is -0.465 e. The Kier molecular flexibility index (Phi) is 7.45. The van der Waals surface area contributed by atoms with E-state index in [-0.39, 0.29) is 9.98 Å². The fourth-order valence-electron chi connectivity index (χ4n) is 3.37. The number of halogens is 2. The van der Waals surface area contributed by atoms with Crippen molar-refractivity contribution in [3.8, 4) is 11.1 Å². The Balaban J connectivity index is 2.06. The molecule has 0 N–H and O–H groups in total. The molecular weight excluding hydrogens is 468 g/mol. The molecule has 5 nitrogen and oxygen atoms in total. The van der Waals surface area contributed by atoms with E-state index in [1.165, 1.54) is 7.11 Å². The van der Waals surface area contributed by atoms with Crippen LogP contribution < -0.4 is 0 Å². The van der Waals surface area contributed by atoms with Crippen molar-refractivity contribution in [2.24, 2.45) is 0 Å². The van der Waals surface area contributed by atoms with Crippen LogP contribution in [-0.4, -0.2) is 28.9 Å². The van der Waals surface area contributed by atoms with Gasteiger partial charge in [-0.1, -0.05) is 83.3 Å². The van der Waals surface area contributed by atoms with Crippen LogP contribution in [0.4, 0.5) is 0 Å². The van der Waals surface area contributed by atoms with Crippen molar-refractivity contribution in [1.82, 2.24) is 9.55 Å². The smallest absolute Gasteiger partial charge is 0.338 e. The highest BCUT2D eigenvalue weighted by Gasteiger charge is 2.22. The summed E-state index contributed by atoms with van der Waals surface area (Å²) in [5.74, 6) is 0.273. The molecule has 0 fully saturated rings. The van der Waals surface area contributed by atoms with Crippen LogP contribution in [0.5, 0.6) is 0 Å². The largest absolute Gasteiger partial charge is 0.465 e. The van der Waals surface area contributed by atoms with E-state index in [2.05, 4.69) is 27.8 Å². The summed E-state index contributed by atoms with van der Waals surface area (Å²) in [5.41, 5.74) is 3.33. The summed E-state index contributed by atoms with van der Waals surface area (Å²) in [6, 6.07) is 15.3. The highest BCUT2D eigenvalue weighted by atomic mass is 79.9. The number of carbonyl (C=O) groups excluding carboxylic acids is 2. The molecule has 1 heterocycles. The predicted molar refractivity (Wildman–Crippen MR) is 122 cm³/mol. The number of hydrogen-bond donors (Lipinski definition) is 0. The maximum atomic E-state index is 12.5. The van der Waals surface area contributed by atoms with Gasteiger partial charge in [0.1, 0.15) is 11.5 Å². The average molecular weight is 490 g/mol. The van der Waals surface area contributed by atoms with E-state index >= 15 is 0 Å². The van der Waals surface area contributed by atoms with E-state index < -0.39 is 5.97 Å². The highest BCUT2D eigenvalue weighted by molar-refractivity contribution is 9.09. The van der Waals surface area contributed by atoms with Crippen LogP contribution in [0, 0.1) is 0 Å². The van der Waals surface area contributed by atoms with Gasteiger partial charge in [0.15, 0.2) is 11.4 Å². The number of esters is 1. The molecule has 3 rings (SSSR count). The van der Waals surface area contributed by atoms with Gasteiger partial charge >= 0.3 is 5.97 Å². The molecule has 0 saturated carbocycles. The number of aromatic nitrogens is 2. The number of hydrogen-bond acceptors (Lipinski definition) is 4. The molecule has 0 spiro atoms. The number of alkyl halides is 1.